The van der Waals surface area contributed by atoms with Crippen LogP contribution in [0.2, 0.25) is 0 Å². The number of rotatable bonds is 3. The number of hydrogen-bond acceptors (Lipinski definition) is 5. The normalized spacial score (nSPS) is 10.6. The van der Waals surface area contributed by atoms with E-state index in [-0.39, 0.29) is 5.95 Å². The van der Waals surface area contributed by atoms with Crippen LogP contribution < -0.4 is 10.6 Å². The Kier molecular flexibility index (Phi) is 3.28. The van der Waals surface area contributed by atoms with Crippen molar-refractivity contribution in [2.75, 3.05) is 24.7 Å². The number of halogens is 4. The SMILES string of the molecule is CNc1noc(-c2c(F)c(F)c(NC)c(F)c2F)n1. The quantitative estimate of drug-likeness (QED) is 0.665. The number of aromatic nitrogens is 2. The number of nitrogens with zero attached hydrogens (tertiary/aromatic N) is 2. The Morgan fingerprint density at radius 2 is 1.47 bits per heavy atom. The molecule has 0 atom stereocenters. The molecule has 0 aliphatic carbocycles. The second-order valence-electron chi connectivity index (χ2n) is 3.43. The first-order valence-corrected chi connectivity index (χ1v) is 5.06. The van der Waals surface area contributed by atoms with Gasteiger partial charge in [0.25, 0.3) is 11.8 Å². The summed E-state index contributed by atoms with van der Waals surface area (Å²) in [6.07, 6.45) is 0. The Hall–Kier alpha value is -2.32. The third-order valence-electron chi connectivity index (χ3n) is 2.38. The lowest BCUT2D eigenvalue weighted by molar-refractivity contribution is 0.415. The van der Waals surface area contributed by atoms with Gasteiger partial charge in [-0.25, -0.2) is 17.6 Å². The van der Waals surface area contributed by atoms with Gasteiger partial charge in [-0.3, -0.25) is 0 Å². The van der Waals surface area contributed by atoms with Gasteiger partial charge in [-0.05, 0) is 5.16 Å². The predicted octanol–water partition coefficient (Wildman–Crippen LogP) is 2.38. The molecule has 5 nitrogen and oxygen atoms in total. The Bertz CT molecular complexity index is 599. The van der Waals surface area contributed by atoms with Crippen LogP contribution in [0.4, 0.5) is 29.2 Å². The molecule has 2 N–H and O–H groups in total. The molecule has 0 fully saturated rings. The maximum Gasteiger partial charge on any atom is 0.265 e. The lowest BCUT2D eigenvalue weighted by Gasteiger charge is -2.08. The molecule has 19 heavy (non-hydrogen) atoms. The first kappa shape index (κ1) is 13.1. The summed E-state index contributed by atoms with van der Waals surface area (Å²) in [5.74, 6) is -7.11. The smallest absolute Gasteiger partial charge is 0.265 e. The van der Waals surface area contributed by atoms with E-state index in [4.69, 9.17) is 0 Å². The maximum absolute atomic E-state index is 13.7. The fraction of sp³-hybridized carbons (Fsp3) is 0.200. The van der Waals surface area contributed by atoms with Gasteiger partial charge in [-0.1, -0.05) is 0 Å². The summed E-state index contributed by atoms with van der Waals surface area (Å²) in [4.78, 5) is 3.54. The Morgan fingerprint density at radius 1 is 0.895 bits per heavy atom. The van der Waals surface area contributed by atoms with E-state index < -0.39 is 40.4 Å². The molecule has 0 bridgehead atoms. The maximum atomic E-state index is 13.7. The largest absolute Gasteiger partial charge is 0.383 e. The van der Waals surface area contributed by atoms with Gasteiger partial charge in [0.05, 0.1) is 0 Å². The highest BCUT2D eigenvalue weighted by atomic mass is 19.2. The van der Waals surface area contributed by atoms with Crippen molar-refractivity contribution >= 4 is 11.6 Å². The van der Waals surface area contributed by atoms with E-state index in [0.29, 0.717) is 0 Å². The molecule has 2 aromatic rings. The molecule has 0 unspecified atom stereocenters. The molecular formula is C10H8F4N4O. The highest BCUT2D eigenvalue weighted by Gasteiger charge is 2.29. The third-order valence-corrected chi connectivity index (χ3v) is 2.38. The van der Waals surface area contributed by atoms with Crippen LogP contribution in [0.1, 0.15) is 0 Å². The molecule has 102 valence electrons. The molecule has 0 aliphatic rings. The van der Waals surface area contributed by atoms with Crippen molar-refractivity contribution in [3.05, 3.63) is 23.3 Å². The number of nitrogens with one attached hydrogen (secondary N) is 2. The topological polar surface area (TPSA) is 63.0 Å². The monoisotopic (exact) mass is 276 g/mol. The van der Waals surface area contributed by atoms with Gasteiger partial charge in [-0.15, -0.1) is 0 Å². The van der Waals surface area contributed by atoms with Crippen LogP contribution in [-0.4, -0.2) is 24.2 Å². The second kappa shape index (κ2) is 4.75. The zero-order valence-corrected chi connectivity index (χ0v) is 9.81. The molecule has 1 aromatic heterocycles. The summed E-state index contributed by atoms with van der Waals surface area (Å²) in [5.41, 5.74) is -1.96. The fourth-order valence-corrected chi connectivity index (χ4v) is 1.47. The number of anilines is 2. The first-order valence-electron chi connectivity index (χ1n) is 5.06. The van der Waals surface area contributed by atoms with Crippen molar-refractivity contribution in [1.82, 2.24) is 10.1 Å². The minimum Gasteiger partial charge on any atom is -0.383 e. The summed E-state index contributed by atoms with van der Waals surface area (Å²) >= 11 is 0. The van der Waals surface area contributed by atoms with Crippen molar-refractivity contribution in [3.63, 3.8) is 0 Å². The van der Waals surface area contributed by atoms with E-state index in [1.165, 1.54) is 7.05 Å². The Balaban J connectivity index is 2.70. The first-order chi connectivity index (χ1) is 9.01. The van der Waals surface area contributed by atoms with Gasteiger partial charge in [0.15, 0.2) is 23.3 Å². The van der Waals surface area contributed by atoms with Gasteiger partial charge in [-0.2, -0.15) is 4.98 Å². The summed E-state index contributed by atoms with van der Waals surface area (Å²) in [7, 11) is 2.57. The predicted molar refractivity (Wildman–Crippen MR) is 58.7 cm³/mol. The second-order valence-corrected chi connectivity index (χ2v) is 3.43. The molecule has 9 heteroatoms. The van der Waals surface area contributed by atoms with Crippen LogP contribution in [-0.2, 0) is 0 Å². The van der Waals surface area contributed by atoms with Crippen LogP contribution >= 0.6 is 0 Å². The van der Waals surface area contributed by atoms with Gasteiger partial charge in [0.2, 0.25) is 0 Å². The molecule has 0 aliphatic heterocycles. The highest BCUT2D eigenvalue weighted by molar-refractivity contribution is 5.62. The lowest BCUT2D eigenvalue weighted by Crippen LogP contribution is -2.06. The molecule has 0 saturated heterocycles. The molecular weight excluding hydrogens is 268 g/mol. The fourth-order valence-electron chi connectivity index (χ4n) is 1.47. The highest BCUT2D eigenvalue weighted by Crippen LogP contribution is 2.33. The van der Waals surface area contributed by atoms with Crippen molar-refractivity contribution in [2.45, 2.75) is 0 Å². The number of hydrogen-bond donors (Lipinski definition) is 2. The van der Waals surface area contributed by atoms with E-state index in [1.54, 1.807) is 0 Å². The van der Waals surface area contributed by atoms with Crippen LogP contribution in [0.15, 0.2) is 4.52 Å². The average molecular weight is 276 g/mol. The Morgan fingerprint density at radius 3 is 1.89 bits per heavy atom. The zero-order valence-electron chi connectivity index (χ0n) is 9.81. The molecule has 0 spiro atoms. The van der Waals surface area contributed by atoms with Crippen molar-refractivity contribution < 1.29 is 22.1 Å². The van der Waals surface area contributed by atoms with E-state index in [9.17, 15) is 17.6 Å². The van der Waals surface area contributed by atoms with Crippen LogP contribution in [0.25, 0.3) is 11.5 Å². The van der Waals surface area contributed by atoms with Crippen LogP contribution in [0.3, 0.4) is 0 Å². The molecule has 1 aromatic carbocycles. The molecule has 2 rings (SSSR count). The van der Waals surface area contributed by atoms with Crippen molar-refractivity contribution in [1.29, 1.82) is 0 Å². The minimum atomic E-state index is -1.62. The van der Waals surface area contributed by atoms with Gasteiger partial charge < -0.3 is 15.2 Å². The third kappa shape index (κ3) is 1.96. The lowest BCUT2D eigenvalue weighted by atomic mass is 10.1. The van der Waals surface area contributed by atoms with E-state index >= 15 is 0 Å². The summed E-state index contributed by atoms with van der Waals surface area (Å²) in [6.45, 7) is 0. The van der Waals surface area contributed by atoms with Crippen molar-refractivity contribution in [2.24, 2.45) is 0 Å². The molecule has 0 amide bonds. The molecule has 1 heterocycles. The standard InChI is InChI=1S/C10H8F4N4O/c1-15-8-6(13)4(11)3(5(12)7(8)14)9-17-10(16-2)18-19-9/h15H,1-2H3,(H,16,18). The summed E-state index contributed by atoms with van der Waals surface area (Å²) in [6, 6.07) is 0. The molecule has 0 saturated carbocycles. The number of benzene rings is 1. The van der Waals surface area contributed by atoms with Crippen molar-refractivity contribution in [3.8, 4) is 11.5 Å². The van der Waals surface area contributed by atoms with E-state index in [0.717, 1.165) is 7.05 Å². The zero-order chi connectivity index (χ0) is 14.2. The van der Waals surface area contributed by atoms with E-state index in [2.05, 4.69) is 20.0 Å². The average Bonchev–Trinajstić information content (AvgIpc) is 2.86. The summed E-state index contributed by atoms with van der Waals surface area (Å²) in [5, 5.41) is 7.78. The Labute approximate surface area is 104 Å². The van der Waals surface area contributed by atoms with Gasteiger partial charge in [0, 0.05) is 14.1 Å². The van der Waals surface area contributed by atoms with Crippen LogP contribution in [0, 0.1) is 23.3 Å². The molecule has 0 radical (unpaired) electrons. The van der Waals surface area contributed by atoms with Crippen LogP contribution in [0.5, 0.6) is 0 Å². The van der Waals surface area contributed by atoms with Gasteiger partial charge in [0.1, 0.15) is 11.3 Å². The summed E-state index contributed by atoms with van der Waals surface area (Å²) < 4.78 is 59.0. The van der Waals surface area contributed by atoms with E-state index in [1.807, 2.05) is 5.32 Å². The van der Waals surface area contributed by atoms with Gasteiger partial charge >= 0.3 is 0 Å². The minimum absolute atomic E-state index is 0.0766.